The van der Waals surface area contributed by atoms with E-state index in [-0.39, 0.29) is 12.1 Å². The Morgan fingerprint density at radius 3 is 1.96 bits per heavy atom. The molecule has 0 saturated heterocycles. The highest BCUT2D eigenvalue weighted by Gasteiger charge is 2.79. The zero-order valence-corrected chi connectivity index (χ0v) is 15.2. The van der Waals surface area contributed by atoms with Crippen molar-refractivity contribution in [2.45, 2.75) is 69.4 Å². The van der Waals surface area contributed by atoms with Gasteiger partial charge in [-0.05, 0) is 26.5 Å². The van der Waals surface area contributed by atoms with E-state index in [1.807, 2.05) is 0 Å². The molecule has 1 saturated carbocycles. The first kappa shape index (κ1) is 23.4. The Labute approximate surface area is 152 Å². The normalized spacial score (nSPS) is 23.9. The summed E-state index contributed by atoms with van der Waals surface area (Å²) < 4.78 is 89.3. The molecule has 0 aromatic heterocycles. The van der Waals surface area contributed by atoms with E-state index in [2.05, 4.69) is 18.3 Å². The summed E-state index contributed by atoms with van der Waals surface area (Å²) in [5, 5.41) is 9.66. The number of aliphatic hydroxyl groups is 1. The zero-order chi connectivity index (χ0) is 21.6. The van der Waals surface area contributed by atoms with Crippen molar-refractivity contribution in [1.82, 2.24) is 0 Å². The quantitative estimate of drug-likeness (QED) is 0.304. The number of rotatable bonds is 7. The average molecular weight is 405 g/mol. The van der Waals surface area contributed by atoms with Crippen LogP contribution < -0.4 is 0 Å². The van der Waals surface area contributed by atoms with Gasteiger partial charge in [-0.25, -0.2) is 4.79 Å². The van der Waals surface area contributed by atoms with Crippen LogP contribution in [0.1, 0.15) is 34.1 Å². The molecule has 156 valence electrons. The molecule has 1 aliphatic rings. The first-order valence-electron chi connectivity index (χ1n) is 7.80. The Morgan fingerprint density at radius 1 is 1.19 bits per heavy atom. The molecule has 0 radical (unpaired) electrons. The average Bonchev–Trinajstić information content (AvgIpc) is 3.15. The van der Waals surface area contributed by atoms with Crippen LogP contribution in [0.15, 0.2) is 17.3 Å². The van der Waals surface area contributed by atoms with E-state index < -0.39 is 47.1 Å². The van der Waals surface area contributed by atoms with E-state index >= 15 is 0 Å². The second kappa shape index (κ2) is 6.77. The fourth-order valence-electron chi connectivity index (χ4n) is 2.86. The Morgan fingerprint density at radius 2 is 1.63 bits per heavy atom. The highest BCUT2D eigenvalue weighted by atomic mass is 19.4. The molecule has 0 heterocycles. The minimum Gasteiger partial charge on any atom is -0.454 e. The maximum Gasteiger partial charge on any atom is 0.429 e. The SMILES string of the molecule is C=NC(=C)C(=O)OC1CC1(OC(C)(C)C(O)(C(F)(F)F)C(F)(F)F)C(C)C. The maximum absolute atomic E-state index is 13.2. The van der Waals surface area contributed by atoms with E-state index in [0.29, 0.717) is 13.8 Å². The van der Waals surface area contributed by atoms with Gasteiger partial charge in [0.2, 0.25) is 0 Å². The van der Waals surface area contributed by atoms with Crippen LogP contribution in [0.2, 0.25) is 0 Å². The Kier molecular flexibility index (Phi) is 5.87. The summed E-state index contributed by atoms with van der Waals surface area (Å²) in [5.74, 6) is -1.66. The van der Waals surface area contributed by atoms with Gasteiger partial charge in [-0.3, -0.25) is 4.99 Å². The first-order chi connectivity index (χ1) is 11.9. The number of nitrogens with zero attached hydrogens (tertiary/aromatic N) is 1. The predicted molar refractivity (Wildman–Crippen MR) is 83.0 cm³/mol. The molecule has 0 aliphatic heterocycles. The lowest BCUT2D eigenvalue weighted by Crippen LogP contribution is -2.70. The fourth-order valence-corrected chi connectivity index (χ4v) is 2.86. The van der Waals surface area contributed by atoms with Crippen molar-refractivity contribution in [2.24, 2.45) is 10.9 Å². The molecule has 0 aromatic rings. The molecule has 11 heteroatoms. The number of aliphatic imine (C=N–C) groups is 1. The summed E-state index contributed by atoms with van der Waals surface area (Å²) in [6, 6.07) is 0. The number of halogens is 6. The van der Waals surface area contributed by atoms with Crippen LogP contribution in [0.4, 0.5) is 26.3 Å². The molecule has 1 N–H and O–H groups in total. The smallest absolute Gasteiger partial charge is 0.429 e. The summed E-state index contributed by atoms with van der Waals surface area (Å²) in [7, 11) is 0. The van der Waals surface area contributed by atoms with Crippen LogP contribution in [0, 0.1) is 5.92 Å². The van der Waals surface area contributed by atoms with Crippen molar-refractivity contribution in [3.05, 3.63) is 12.3 Å². The van der Waals surface area contributed by atoms with E-state index in [1.54, 1.807) is 0 Å². The summed E-state index contributed by atoms with van der Waals surface area (Å²) in [6.07, 6.45) is -13.4. The number of carbonyl (C=O) groups is 1. The van der Waals surface area contributed by atoms with Crippen molar-refractivity contribution in [1.29, 1.82) is 0 Å². The minimum atomic E-state index is -6.06. The third kappa shape index (κ3) is 3.84. The highest BCUT2D eigenvalue weighted by Crippen LogP contribution is 2.57. The van der Waals surface area contributed by atoms with Gasteiger partial charge in [0.25, 0.3) is 5.60 Å². The monoisotopic (exact) mass is 405 g/mol. The second-order valence-corrected chi connectivity index (χ2v) is 7.13. The number of alkyl halides is 6. The van der Waals surface area contributed by atoms with Gasteiger partial charge in [0, 0.05) is 6.42 Å². The largest absolute Gasteiger partial charge is 0.454 e. The van der Waals surface area contributed by atoms with Crippen molar-refractivity contribution in [3.8, 4) is 0 Å². The molecular formula is C16H21F6NO4. The number of esters is 1. The van der Waals surface area contributed by atoms with Crippen LogP contribution in [0.3, 0.4) is 0 Å². The van der Waals surface area contributed by atoms with Gasteiger partial charge < -0.3 is 14.6 Å². The first-order valence-corrected chi connectivity index (χ1v) is 7.80. The van der Waals surface area contributed by atoms with Crippen molar-refractivity contribution in [3.63, 3.8) is 0 Å². The second-order valence-electron chi connectivity index (χ2n) is 7.13. The van der Waals surface area contributed by atoms with Crippen molar-refractivity contribution < 1.29 is 45.7 Å². The minimum absolute atomic E-state index is 0.157. The van der Waals surface area contributed by atoms with Gasteiger partial charge in [-0.15, -0.1) is 0 Å². The molecule has 1 rings (SSSR count). The van der Waals surface area contributed by atoms with Gasteiger partial charge in [0.05, 0.1) is 0 Å². The fraction of sp³-hybridized carbons (Fsp3) is 0.750. The molecule has 0 aromatic carbocycles. The van der Waals surface area contributed by atoms with Gasteiger partial charge >= 0.3 is 18.3 Å². The van der Waals surface area contributed by atoms with Crippen molar-refractivity contribution in [2.75, 3.05) is 0 Å². The summed E-state index contributed by atoms with van der Waals surface area (Å²) >= 11 is 0. The lowest BCUT2D eigenvalue weighted by molar-refractivity contribution is -0.418. The van der Waals surface area contributed by atoms with E-state index in [1.165, 1.54) is 13.8 Å². The molecule has 0 amide bonds. The molecule has 0 spiro atoms. The highest BCUT2D eigenvalue weighted by molar-refractivity contribution is 5.88. The third-order valence-electron chi connectivity index (χ3n) is 4.68. The van der Waals surface area contributed by atoms with Crippen LogP contribution in [-0.4, -0.2) is 53.1 Å². The molecule has 1 aliphatic carbocycles. The number of ether oxygens (including phenoxy) is 2. The van der Waals surface area contributed by atoms with Crippen molar-refractivity contribution >= 4 is 12.7 Å². The Balaban J connectivity index is 3.22. The standard InChI is InChI=1S/C16H21F6NO4/c1-8(2)13(7-10(13)26-11(24)9(3)23-6)27-12(4,5)14(25,15(17,18)19)16(20,21)22/h8,10,25H,3,6-7H2,1-2,4-5H3. The number of carbonyl (C=O) groups excluding carboxylic acids is 1. The van der Waals surface area contributed by atoms with Crippen LogP contribution >= 0.6 is 0 Å². The summed E-state index contributed by atoms with van der Waals surface area (Å²) in [6.45, 7) is 10.2. The number of hydrogen-bond donors (Lipinski definition) is 1. The van der Waals surface area contributed by atoms with Crippen LogP contribution in [0.5, 0.6) is 0 Å². The van der Waals surface area contributed by atoms with Crippen LogP contribution in [0.25, 0.3) is 0 Å². The summed E-state index contributed by atoms with van der Waals surface area (Å²) in [4.78, 5) is 14.9. The molecule has 2 atom stereocenters. The molecular weight excluding hydrogens is 384 g/mol. The number of hydrogen-bond acceptors (Lipinski definition) is 5. The van der Waals surface area contributed by atoms with Gasteiger partial charge in [0.15, 0.2) is 0 Å². The topological polar surface area (TPSA) is 68.1 Å². The van der Waals surface area contributed by atoms with Gasteiger partial charge in [-0.2, -0.15) is 26.3 Å². The Bertz CT molecular complexity index is 611. The zero-order valence-electron chi connectivity index (χ0n) is 15.2. The lowest BCUT2D eigenvalue weighted by Gasteiger charge is -2.46. The Hall–Kier alpha value is -1.62. The molecule has 1 fully saturated rings. The van der Waals surface area contributed by atoms with Crippen LogP contribution in [-0.2, 0) is 14.3 Å². The molecule has 5 nitrogen and oxygen atoms in total. The molecule has 2 unspecified atom stereocenters. The molecule has 27 heavy (non-hydrogen) atoms. The van der Waals surface area contributed by atoms with E-state index in [0.717, 1.165) is 0 Å². The maximum atomic E-state index is 13.2. The van der Waals surface area contributed by atoms with E-state index in [4.69, 9.17) is 9.47 Å². The molecule has 0 bridgehead atoms. The third-order valence-corrected chi connectivity index (χ3v) is 4.68. The lowest BCUT2D eigenvalue weighted by atomic mass is 9.83. The van der Waals surface area contributed by atoms with Gasteiger partial charge in [-0.1, -0.05) is 20.4 Å². The van der Waals surface area contributed by atoms with Gasteiger partial charge in [0.1, 0.15) is 23.0 Å². The predicted octanol–water partition coefficient (Wildman–Crippen LogP) is 3.56. The van der Waals surface area contributed by atoms with E-state index in [9.17, 15) is 36.2 Å². The summed E-state index contributed by atoms with van der Waals surface area (Å²) in [5.41, 5.74) is -10.3.